The van der Waals surface area contributed by atoms with Crippen molar-refractivity contribution >= 4 is 17.9 Å². The third-order valence-corrected chi connectivity index (χ3v) is 2.83. The van der Waals surface area contributed by atoms with Crippen molar-refractivity contribution in [1.29, 1.82) is 0 Å². The molecule has 1 unspecified atom stereocenters. The summed E-state index contributed by atoms with van der Waals surface area (Å²) in [6.07, 6.45) is 13.7. The SMILES string of the molecule is C=CCC(O)CCCCC.C=CCCl.CCCCCC=O. The molecule has 2 nitrogen and oxygen atoms in total. The van der Waals surface area contributed by atoms with E-state index in [0.29, 0.717) is 5.88 Å². The van der Waals surface area contributed by atoms with Gasteiger partial charge in [-0.1, -0.05) is 58.1 Å². The quantitative estimate of drug-likeness (QED) is 0.230. The van der Waals surface area contributed by atoms with Crippen LogP contribution in [0.25, 0.3) is 0 Å². The van der Waals surface area contributed by atoms with Crippen LogP contribution in [-0.2, 0) is 4.79 Å². The van der Waals surface area contributed by atoms with Crippen molar-refractivity contribution in [3.63, 3.8) is 0 Å². The van der Waals surface area contributed by atoms with Crippen LogP contribution in [0.15, 0.2) is 25.3 Å². The van der Waals surface area contributed by atoms with Crippen molar-refractivity contribution in [2.45, 2.75) is 77.7 Å². The predicted molar refractivity (Wildman–Crippen MR) is 96.1 cm³/mol. The normalized spacial score (nSPS) is 10.3. The number of hydrogen-bond acceptors (Lipinski definition) is 2. The van der Waals surface area contributed by atoms with Crippen LogP contribution in [0, 0.1) is 0 Å². The van der Waals surface area contributed by atoms with Crippen LogP contribution in [0.3, 0.4) is 0 Å². The highest BCUT2D eigenvalue weighted by atomic mass is 35.5. The number of unbranched alkanes of at least 4 members (excludes halogenated alkanes) is 5. The lowest BCUT2D eigenvalue weighted by Crippen LogP contribution is -2.03. The molecule has 0 aromatic carbocycles. The first-order valence-electron chi connectivity index (χ1n) is 8.03. The fourth-order valence-corrected chi connectivity index (χ4v) is 1.42. The number of aldehydes is 1. The molecule has 0 radical (unpaired) electrons. The number of aliphatic hydroxyl groups excluding tert-OH is 1. The second-order valence-corrected chi connectivity index (χ2v) is 5.09. The van der Waals surface area contributed by atoms with Gasteiger partial charge >= 0.3 is 0 Å². The molecule has 1 N–H and O–H groups in total. The topological polar surface area (TPSA) is 37.3 Å². The number of carbonyl (C=O) groups is 1. The molecule has 1 atom stereocenters. The van der Waals surface area contributed by atoms with Gasteiger partial charge in [-0.2, -0.15) is 0 Å². The molecule has 0 spiro atoms. The smallest absolute Gasteiger partial charge is 0.119 e. The van der Waals surface area contributed by atoms with Gasteiger partial charge < -0.3 is 9.90 Å². The number of alkyl halides is 1. The molecule has 21 heavy (non-hydrogen) atoms. The van der Waals surface area contributed by atoms with Crippen molar-refractivity contribution in [3.8, 4) is 0 Å². The Morgan fingerprint density at radius 3 is 1.95 bits per heavy atom. The lowest BCUT2D eigenvalue weighted by molar-refractivity contribution is -0.107. The molecule has 126 valence electrons. The van der Waals surface area contributed by atoms with Crippen molar-refractivity contribution in [1.82, 2.24) is 0 Å². The fraction of sp³-hybridized carbons (Fsp3) is 0.722. The van der Waals surface area contributed by atoms with E-state index in [0.717, 1.165) is 38.4 Å². The minimum atomic E-state index is -0.149. The van der Waals surface area contributed by atoms with E-state index in [4.69, 9.17) is 11.6 Å². The molecule has 0 aliphatic carbocycles. The maximum atomic E-state index is 9.68. The highest BCUT2D eigenvalue weighted by molar-refractivity contribution is 6.18. The minimum Gasteiger partial charge on any atom is -0.393 e. The summed E-state index contributed by atoms with van der Waals surface area (Å²) in [7, 11) is 0. The zero-order chi connectivity index (χ0) is 16.8. The third-order valence-electron chi connectivity index (χ3n) is 2.61. The lowest BCUT2D eigenvalue weighted by atomic mass is 10.1. The Morgan fingerprint density at radius 1 is 1.05 bits per heavy atom. The van der Waals surface area contributed by atoms with Gasteiger partial charge in [0.1, 0.15) is 6.29 Å². The second-order valence-electron chi connectivity index (χ2n) is 4.78. The Labute approximate surface area is 137 Å². The number of rotatable bonds is 11. The van der Waals surface area contributed by atoms with E-state index in [1.807, 2.05) is 0 Å². The molecule has 0 fully saturated rings. The van der Waals surface area contributed by atoms with Crippen LogP contribution in [0.2, 0.25) is 0 Å². The van der Waals surface area contributed by atoms with Gasteiger partial charge in [0.15, 0.2) is 0 Å². The summed E-state index contributed by atoms with van der Waals surface area (Å²) in [4.78, 5) is 9.68. The minimum absolute atomic E-state index is 0.149. The molecule has 0 saturated heterocycles. The first-order valence-corrected chi connectivity index (χ1v) is 8.57. The van der Waals surface area contributed by atoms with Gasteiger partial charge in [-0.05, 0) is 19.3 Å². The summed E-state index contributed by atoms with van der Waals surface area (Å²) >= 11 is 5.07. The van der Waals surface area contributed by atoms with Crippen LogP contribution in [0.4, 0.5) is 0 Å². The number of halogens is 1. The fourth-order valence-electron chi connectivity index (χ4n) is 1.42. The molecule has 3 heteroatoms. The first-order chi connectivity index (χ1) is 10.1. The lowest BCUT2D eigenvalue weighted by Gasteiger charge is -2.05. The summed E-state index contributed by atoms with van der Waals surface area (Å²) in [5, 5.41) is 9.20. The molecule has 0 aliphatic heterocycles. The molecule has 0 heterocycles. The Balaban J connectivity index is -0.000000256. The van der Waals surface area contributed by atoms with Gasteiger partial charge in [0.05, 0.1) is 6.10 Å². The van der Waals surface area contributed by atoms with Gasteiger partial charge in [0.25, 0.3) is 0 Å². The van der Waals surface area contributed by atoms with E-state index in [9.17, 15) is 9.90 Å². The van der Waals surface area contributed by atoms with Crippen LogP contribution in [0.5, 0.6) is 0 Å². The standard InChI is InChI=1S/C9H18O.C6H12O.C3H5Cl/c1-3-5-6-8-9(10)7-4-2;1-2-3-4-5-6-7;1-2-3-4/h4,9-10H,2-3,5-8H2,1H3;6H,2-5H2,1H3;2H,1,3H2. The second kappa shape index (κ2) is 27.7. The maximum Gasteiger partial charge on any atom is 0.119 e. The van der Waals surface area contributed by atoms with Gasteiger partial charge in [-0.25, -0.2) is 0 Å². The van der Waals surface area contributed by atoms with Crippen LogP contribution >= 0.6 is 11.6 Å². The number of aliphatic hydroxyl groups is 1. The van der Waals surface area contributed by atoms with Crippen LogP contribution < -0.4 is 0 Å². The molecular formula is C18H35ClO2. The molecule has 0 amide bonds. The van der Waals surface area contributed by atoms with E-state index < -0.39 is 0 Å². The number of hydrogen-bond donors (Lipinski definition) is 1. The number of carbonyl (C=O) groups excluding carboxylic acids is 1. The molecular weight excluding hydrogens is 284 g/mol. The average Bonchev–Trinajstić information content (AvgIpc) is 2.49. The van der Waals surface area contributed by atoms with Gasteiger partial charge in [-0.15, -0.1) is 24.8 Å². The Kier molecular flexibility index (Phi) is 33.4. The zero-order valence-corrected chi connectivity index (χ0v) is 14.8. The van der Waals surface area contributed by atoms with E-state index in [1.54, 1.807) is 12.2 Å². The summed E-state index contributed by atoms with van der Waals surface area (Å²) in [6.45, 7) is 11.2. The average molecular weight is 319 g/mol. The van der Waals surface area contributed by atoms with E-state index in [2.05, 4.69) is 27.0 Å². The molecule has 0 saturated carbocycles. The zero-order valence-electron chi connectivity index (χ0n) is 14.0. The largest absolute Gasteiger partial charge is 0.393 e. The maximum absolute atomic E-state index is 9.68. The van der Waals surface area contributed by atoms with Gasteiger partial charge in [0.2, 0.25) is 0 Å². The van der Waals surface area contributed by atoms with Gasteiger partial charge in [-0.3, -0.25) is 0 Å². The molecule has 0 aromatic rings. The summed E-state index contributed by atoms with van der Waals surface area (Å²) in [6, 6.07) is 0. The van der Waals surface area contributed by atoms with Crippen LogP contribution in [-0.4, -0.2) is 23.4 Å². The number of allylic oxidation sites excluding steroid dienone is 1. The molecule has 0 aliphatic rings. The monoisotopic (exact) mass is 318 g/mol. The highest BCUT2D eigenvalue weighted by Crippen LogP contribution is 2.05. The Morgan fingerprint density at radius 2 is 1.57 bits per heavy atom. The van der Waals surface area contributed by atoms with E-state index >= 15 is 0 Å². The van der Waals surface area contributed by atoms with Crippen molar-refractivity contribution in [2.75, 3.05) is 5.88 Å². The Hall–Kier alpha value is -0.600. The van der Waals surface area contributed by atoms with Crippen LogP contribution in [0.1, 0.15) is 71.6 Å². The molecule has 0 aromatic heterocycles. The summed E-state index contributed by atoms with van der Waals surface area (Å²) < 4.78 is 0. The van der Waals surface area contributed by atoms with E-state index in [1.165, 1.54) is 25.7 Å². The van der Waals surface area contributed by atoms with Crippen molar-refractivity contribution in [3.05, 3.63) is 25.3 Å². The third kappa shape index (κ3) is 38.2. The highest BCUT2D eigenvalue weighted by Gasteiger charge is 1.98. The van der Waals surface area contributed by atoms with E-state index in [-0.39, 0.29) is 6.10 Å². The Bertz CT molecular complexity index is 205. The first kappa shape index (κ1) is 25.4. The van der Waals surface area contributed by atoms with Gasteiger partial charge in [0, 0.05) is 12.3 Å². The summed E-state index contributed by atoms with van der Waals surface area (Å²) in [5.74, 6) is 0.556. The molecule has 0 rings (SSSR count). The summed E-state index contributed by atoms with van der Waals surface area (Å²) in [5.41, 5.74) is 0. The molecule has 0 bridgehead atoms. The van der Waals surface area contributed by atoms with Crippen molar-refractivity contribution < 1.29 is 9.90 Å². The van der Waals surface area contributed by atoms with Crippen molar-refractivity contribution in [2.24, 2.45) is 0 Å². The predicted octanol–water partition coefficient (Wildman–Crippen LogP) is 5.68.